The van der Waals surface area contributed by atoms with E-state index in [0.717, 1.165) is 15.8 Å². The van der Waals surface area contributed by atoms with Crippen molar-refractivity contribution in [1.29, 1.82) is 0 Å². The van der Waals surface area contributed by atoms with Gasteiger partial charge in [-0.15, -0.1) is 11.3 Å². The molecule has 4 heteroatoms. The zero-order valence-electron chi connectivity index (χ0n) is 7.84. The fourth-order valence-electron chi connectivity index (χ4n) is 1.36. The third-order valence-electron chi connectivity index (χ3n) is 2.10. The Morgan fingerprint density at radius 3 is 2.67 bits per heavy atom. The maximum atomic E-state index is 12.8. The van der Waals surface area contributed by atoms with Gasteiger partial charge < -0.3 is 5.73 Å². The van der Waals surface area contributed by atoms with Crippen LogP contribution in [0.5, 0.6) is 0 Å². The van der Waals surface area contributed by atoms with Crippen molar-refractivity contribution in [3.8, 4) is 0 Å². The minimum atomic E-state index is -0.288. The Morgan fingerprint density at radius 1 is 1.27 bits per heavy atom. The van der Waals surface area contributed by atoms with Crippen molar-refractivity contribution in [3.05, 3.63) is 50.4 Å². The van der Waals surface area contributed by atoms with Crippen LogP contribution in [0.3, 0.4) is 0 Å². The van der Waals surface area contributed by atoms with Gasteiger partial charge in [-0.1, -0.05) is 6.07 Å². The molecule has 0 spiro atoms. The molecule has 0 saturated carbocycles. The van der Waals surface area contributed by atoms with Crippen LogP contribution < -0.4 is 5.73 Å². The van der Waals surface area contributed by atoms with E-state index in [9.17, 15) is 4.39 Å². The molecular weight excluding hydrogens is 277 g/mol. The highest BCUT2D eigenvalue weighted by molar-refractivity contribution is 9.11. The molecule has 1 aromatic heterocycles. The Bertz CT molecular complexity index is 481. The first-order valence-electron chi connectivity index (χ1n) is 4.43. The summed E-state index contributed by atoms with van der Waals surface area (Å²) in [6, 6.07) is 8.57. The van der Waals surface area contributed by atoms with Crippen molar-refractivity contribution in [2.24, 2.45) is 0 Å². The quantitative estimate of drug-likeness (QED) is 0.834. The fraction of sp³-hybridized carbons (Fsp3) is 0.0909. The molecule has 1 heterocycles. The van der Waals surface area contributed by atoms with Gasteiger partial charge in [0.2, 0.25) is 0 Å². The second kappa shape index (κ2) is 4.33. The van der Waals surface area contributed by atoms with Gasteiger partial charge in [0.25, 0.3) is 0 Å². The largest absolute Gasteiger partial charge is 0.398 e. The summed E-state index contributed by atoms with van der Waals surface area (Å²) in [6.45, 7) is 0. The van der Waals surface area contributed by atoms with Crippen LogP contribution in [0.1, 0.15) is 10.4 Å². The molecule has 0 aliphatic carbocycles. The van der Waals surface area contributed by atoms with E-state index in [1.165, 1.54) is 17.0 Å². The van der Waals surface area contributed by atoms with Crippen molar-refractivity contribution in [2.75, 3.05) is 5.73 Å². The smallest absolute Gasteiger partial charge is 0.125 e. The minimum absolute atomic E-state index is 0.288. The minimum Gasteiger partial charge on any atom is -0.398 e. The van der Waals surface area contributed by atoms with Crippen LogP contribution >= 0.6 is 27.3 Å². The Hall–Kier alpha value is -0.870. The Kier molecular flexibility index (Phi) is 3.07. The van der Waals surface area contributed by atoms with E-state index in [2.05, 4.69) is 15.9 Å². The van der Waals surface area contributed by atoms with Crippen LogP contribution in [0.4, 0.5) is 10.1 Å². The molecule has 1 aromatic carbocycles. The van der Waals surface area contributed by atoms with Gasteiger partial charge in [-0.05, 0) is 45.8 Å². The average molecular weight is 286 g/mol. The summed E-state index contributed by atoms with van der Waals surface area (Å²) in [4.78, 5) is 1.21. The van der Waals surface area contributed by atoms with E-state index < -0.39 is 0 Å². The first kappa shape index (κ1) is 10.6. The lowest BCUT2D eigenvalue weighted by atomic mass is 10.1. The van der Waals surface area contributed by atoms with Crippen molar-refractivity contribution in [1.82, 2.24) is 0 Å². The highest BCUT2D eigenvalue weighted by Crippen LogP contribution is 2.26. The highest BCUT2D eigenvalue weighted by Gasteiger charge is 2.04. The number of anilines is 1. The summed E-state index contributed by atoms with van der Waals surface area (Å²) in [5.41, 5.74) is 7.21. The number of thiophene rings is 1. The van der Waals surface area contributed by atoms with Crippen LogP contribution in [0.2, 0.25) is 0 Å². The van der Waals surface area contributed by atoms with Gasteiger partial charge in [-0.25, -0.2) is 4.39 Å². The first-order valence-corrected chi connectivity index (χ1v) is 6.04. The van der Waals surface area contributed by atoms with Gasteiger partial charge in [-0.2, -0.15) is 0 Å². The fourth-order valence-corrected chi connectivity index (χ4v) is 2.87. The number of benzene rings is 1. The first-order chi connectivity index (χ1) is 7.15. The normalized spacial score (nSPS) is 10.5. The Balaban J connectivity index is 2.24. The van der Waals surface area contributed by atoms with E-state index >= 15 is 0 Å². The molecule has 0 fully saturated rings. The number of hydrogen-bond acceptors (Lipinski definition) is 2. The van der Waals surface area contributed by atoms with E-state index in [1.807, 2.05) is 12.1 Å². The third kappa shape index (κ3) is 2.58. The van der Waals surface area contributed by atoms with Gasteiger partial charge in [-0.3, -0.25) is 0 Å². The summed E-state index contributed by atoms with van der Waals surface area (Å²) in [5.74, 6) is -0.288. The zero-order chi connectivity index (χ0) is 10.8. The molecule has 2 N–H and O–H groups in total. The lowest BCUT2D eigenvalue weighted by molar-refractivity contribution is 0.628. The predicted octanol–water partition coefficient (Wildman–Crippen LogP) is 3.82. The molecule has 0 atom stereocenters. The van der Waals surface area contributed by atoms with Crippen molar-refractivity contribution < 1.29 is 4.39 Å². The number of hydrogen-bond donors (Lipinski definition) is 1. The van der Waals surface area contributed by atoms with Gasteiger partial charge in [0.15, 0.2) is 0 Å². The second-order valence-corrected chi connectivity index (χ2v) is 5.77. The molecule has 0 unspecified atom stereocenters. The molecule has 0 radical (unpaired) electrons. The third-order valence-corrected chi connectivity index (χ3v) is 3.73. The average Bonchev–Trinajstić information content (AvgIpc) is 2.56. The summed E-state index contributed by atoms with van der Waals surface area (Å²) in [5, 5.41) is 0. The topological polar surface area (TPSA) is 26.0 Å². The molecule has 0 saturated heterocycles. The second-order valence-electron chi connectivity index (χ2n) is 3.23. The molecule has 0 aliphatic heterocycles. The number of halogens is 2. The number of nitrogen functional groups attached to an aromatic ring is 1. The zero-order valence-corrected chi connectivity index (χ0v) is 10.2. The molecular formula is C11H9BrFNS. The summed E-state index contributed by atoms with van der Waals surface area (Å²) < 4.78 is 13.9. The van der Waals surface area contributed by atoms with Gasteiger partial charge in [0.1, 0.15) is 5.82 Å². The highest BCUT2D eigenvalue weighted by atomic mass is 79.9. The van der Waals surface area contributed by atoms with Crippen molar-refractivity contribution in [3.63, 3.8) is 0 Å². The maximum absolute atomic E-state index is 12.8. The molecule has 0 aliphatic rings. The molecule has 0 amide bonds. The molecule has 0 bridgehead atoms. The summed E-state index contributed by atoms with van der Waals surface area (Å²) in [6.07, 6.45) is 0.752. The molecule has 2 rings (SSSR count). The lowest BCUT2D eigenvalue weighted by Gasteiger charge is -2.03. The number of rotatable bonds is 2. The predicted molar refractivity (Wildman–Crippen MR) is 65.6 cm³/mol. The molecule has 78 valence electrons. The SMILES string of the molecule is Nc1cc(F)ccc1Cc1ccc(Br)s1. The van der Waals surface area contributed by atoms with Gasteiger partial charge in [0.05, 0.1) is 3.79 Å². The van der Waals surface area contributed by atoms with Crippen LogP contribution in [0.15, 0.2) is 34.1 Å². The Morgan fingerprint density at radius 2 is 2.07 bits per heavy atom. The van der Waals surface area contributed by atoms with Crippen molar-refractivity contribution in [2.45, 2.75) is 6.42 Å². The standard InChI is InChI=1S/C11H9BrFNS/c12-11-4-3-9(15-11)5-7-1-2-8(13)6-10(7)14/h1-4,6H,5,14H2. The van der Waals surface area contributed by atoms with E-state index in [4.69, 9.17) is 5.73 Å². The van der Waals surface area contributed by atoms with Crippen LogP contribution in [-0.2, 0) is 6.42 Å². The van der Waals surface area contributed by atoms with E-state index in [-0.39, 0.29) is 5.82 Å². The van der Waals surface area contributed by atoms with E-state index in [1.54, 1.807) is 17.4 Å². The van der Waals surface area contributed by atoms with Crippen LogP contribution in [-0.4, -0.2) is 0 Å². The lowest BCUT2D eigenvalue weighted by Crippen LogP contribution is -1.95. The van der Waals surface area contributed by atoms with Crippen molar-refractivity contribution >= 4 is 33.0 Å². The summed E-state index contributed by atoms with van der Waals surface area (Å²) >= 11 is 5.07. The van der Waals surface area contributed by atoms with Crippen LogP contribution in [0, 0.1) is 5.82 Å². The van der Waals surface area contributed by atoms with Crippen LogP contribution in [0.25, 0.3) is 0 Å². The van der Waals surface area contributed by atoms with Gasteiger partial charge >= 0.3 is 0 Å². The molecule has 2 aromatic rings. The number of nitrogens with two attached hydrogens (primary N) is 1. The summed E-state index contributed by atoms with van der Waals surface area (Å²) in [7, 11) is 0. The monoisotopic (exact) mass is 285 g/mol. The Labute approximate surface area is 99.9 Å². The van der Waals surface area contributed by atoms with E-state index in [0.29, 0.717) is 5.69 Å². The maximum Gasteiger partial charge on any atom is 0.125 e. The molecule has 15 heavy (non-hydrogen) atoms. The van der Waals surface area contributed by atoms with Gasteiger partial charge in [0, 0.05) is 17.0 Å². The molecule has 1 nitrogen and oxygen atoms in total.